The van der Waals surface area contributed by atoms with E-state index in [1.54, 1.807) is 0 Å². The smallest absolute Gasteiger partial charge is 0.130 e. The van der Waals surface area contributed by atoms with E-state index >= 15 is 0 Å². The van der Waals surface area contributed by atoms with Crippen LogP contribution in [-0.4, -0.2) is 37.7 Å². The monoisotopic (exact) mass is 246 g/mol. The summed E-state index contributed by atoms with van der Waals surface area (Å²) in [6.45, 7) is 5.23. The van der Waals surface area contributed by atoms with Crippen LogP contribution in [0.5, 0.6) is 0 Å². The molecular weight excluding hydrogens is 224 g/mol. The quantitative estimate of drug-likeness (QED) is 0.877. The maximum Gasteiger partial charge on any atom is 0.130 e. The van der Waals surface area contributed by atoms with Crippen molar-refractivity contribution in [2.45, 2.75) is 19.3 Å². The van der Waals surface area contributed by atoms with E-state index in [2.05, 4.69) is 28.0 Å². The van der Waals surface area contributed by atoms with Crippen molar-refractivity contribution in [2.75, 3.05) is 42.5 Å². The van der Waals surface area contributed by atoms with Gasteiger partial charge in [0.05, 0.1) is 0 Å². The van der Waals surface area contributed by atoms with Crippen molar-refractivity contribution in [1.82, 2.24) is 4.98 Å². The number of nitrogens with zero attached hydrogens (tertiary/aromatic N) is 3. The molecule has 1 aromatic heterocycles. The fourth-order valence-electron chi connectivity index (χ4n) is 2.79. The predicted molar refractivity (Wildman–Crippen MR) is 75.1 cm³/mol. The number of piperidine rings is 1. The number of hydrogen-bond donors (Lipinski definition) is 1. The molecule has 2 aliphatic rings. The third-order valence-electron chi connectivity index (χ3n) is 4.01. The lowest BCUT2D eigenvalue weighted by molar-refractivity contribution is 0.417. The maximum absolute atomic E-state index is 5.67. The highest BCUT2D eigenvalue weighted by Gasteiger charge is 2.26. The first kappa shape index (κ1) is 11.8. The number of hydrogen-bond acceptors (Lipinski definition) is 4. The van der Waals surface area contributed by atoms with Gasteiger partial charge >= 0.3 is 0 Å². The molecule has 4 heteroatoms. The molecule has 3 heterocycles. The molecule has 2 N–H and O–H groups in total. The van der Waals surface area contributed by atoms with Crippen molar-refractivity contribution in [3.63, 3.8) is 0 Å². The second kappa shape index (κ2) is 5.14. The normalized spacial score (nSPS) is 20.9. The van der Waals surface area contributed by atoms with Gasteiger partial charge in [-0.15, -0.1) is 0 Å². The second-order valence-corrected chi connectivity index (χ2v) is 5.41. The highest BCUT2D eigenvalue weighted by molar-refractivity contribution is 5.50. The van der Waals surface area contributed by atoms with Crippen LogP contribution in [0.4, 0.5) is 11.6 Å². The highest BCUT2D eigenvalue weighted by atomic mass is 15.3. The molecule has 4 nitrogen and oxygen atoms in total. The molecule has 2 fully saturated rings. The molecule has 0 aliphatic carbocycles. The number of pyridine rings is 1. The van der Waals surface area contributed by atoms with Gasteiger partial charge in [0, 0.05) is 32.1 Å². The van der Waals surface area contributed by atoms with Gasteiger partial charge in [0.1, 0.15) is 11.6 Å². The predicted octanol–water partition coefficient (Wildman–Crippen LogP) is 1.47. The van der Waals surface area contributed by atoms with Crippen LogP contribution < -0.4 is 15.5 Å². The van der Waals surface area contributed by atoms with E-state index in [1.165, 1.54) is 19.3 Å². The number of nitrogens with two attached hydrogens (primary N) is 1. The van der Waals surface area contributed by atoms with Crippen LogP contribution in [0.3, 0.4) is 0 Å². The Morgan fingerprint density at radius 2 is 1.72 bits per heavy atom. The summed E-state index contributed by atoms with van der Waals surface area (Å²) in [5.74, 6) is 2.91. The van der Waals surface area contributed by atoms with E-state index in [0.29, 0.717) is 5.92 Å². The van der Waals surface area contributed by atoms with Crippen molar-refractivity contribution in [3.05, 3.63) is 18.2 Å². The minimum absolute atomic E-state index is 0.658. The Bertz CT molecular complexity index is 395. The van der Waals surface area contributed by atoms with Gasteiger partial charge in [-0.05, 0) is 37.9 Å². The lowest BCUT2D eigenvalue weighted by Crippen LogP contribution is -2.50. The van der Waals surface area contributed by atoms with Gasteiger partial charge in [0.25, 0.3) is 0 Å². The summed E-state index contributed by atoms with van der Waals surface area (Å²) in [5.41, 5.74) is 5.67. The lowest BCUT2D eigenvalue weighted by atomic mass is 10.0. The van der Waals surface area contributed by atoms with Gasteiger partial charge in [-0.1, -0.05) is 6.07 Å². The minimum atomic E-state index is 0.658. The molecule has 2 aliphatic heterocycles. The molecule has 18 heavy (non-hydrogen) atoms. The van der Waals surface area contributed by atoms with Crippen molar-refractivity contribution >= 4 is 11.6 Å². The van der Waals surface area contributed by atoms with E-state index in [-0.39, 0.29) is 0 Å². The largest absolute Gasteiger partial charge is 0.357 e. The van der Waals surface area contributed by atoms with Gasteiger partial charge in [-0.25, -0.2) is 4.98 Å². The summed E-state index contributed by atoms with van der Waals surface area (Å²) in [7, 11) is 0. The Morgan fingerprint density at radius 1 is 1.06 bits per heavy atom. The number of anilines is 2. The average molecular weight is 246 g/mol. The van der Waals surface area contributed by atoms with Crippen LogP contribution in [0, 0.1) is 5.92 Å². The Kier molecular flexibility index (Phi) is 3.37. The zero-order valence-electron chi connectivity index (χ0n) is 10.9. The molecule has 2 saturated heterocycles. The van der Waals surface area contributed by atoms with Crippen molar-refractivity contribution in [3.8, 4) is 0 Å². The fourth-order valence-corrected chi connectivity index (χ4v) is 2.79. The first-order valence-electron chi connectivity index (χ1n) is 7.04. The molecule has 0 bridgehead atoms. The first-order chi connectivity index (χ1) is 8.86. The van der Waals surface area contributed by atoms with Crippen molar-refractivity contribution < 1.29 is 0 Å². The molecule has 0 atom stereocenters. The first-order valence-corrected chi connectivity index (χ1v) is 7.04. The third kappa shape index (κ3) is 2.29. The van der Waals surface area contributed by atoms with Crippen LogP contribution in [0.15, 0.2) is 18.2 Å². The van der Waals surface area contributed by atoms with Gasteiger partial charge in [-0.2, -0.15) is 0 Å². The molecule has 0 amide bonds. The molecule has 0 saturated carbocycles. The van der Waals surface area contributed by atoms with E-state index in [1.807, 2.05) is 0 Å². The highest BCUT2D eigenvalue weighted by Crippen LogP contribution is 2.25. The average Bonchev–Trinajstić information content (AvgIpc) is 2.39. The lowest BCUT2D eigenvalue weighted by Gasteiger charge is -2.40. The molecular formula is C14H22N4. The standard InChI is InChI=1S/C14H22N4/c15-9-12-10-18(11-12)14-6-4-5-13(16-14)17-7-2-1-3-8-17/h4-6,12H,1-3,7-11,15H2. The summed E-state index contributed by atoms with van der Waals surface area (Å²) >= 11 is 0. The summed E-state index contributed by atoms with van der Waals surface area (Å²) < 4.78 is 0. The Balaban J connectivity index is 1.69. The molecule has 0 unspecified atom stereocenters. The fraction of sp³-hybridized carbons (Fsp3) is 0.643. The van der Waals surface area contributed by atoms with Gasteiger partial charge in [-0.3, -0.25) is 0 Å². The summed E-state index contributed by atoms with van der Waals surface area (Å²) in [6, 6.07) is 6.37. The molecule has 0 aromatic carbocycles. The SMILES string of the molecule is NCC1CN(c2cccc(N3CCCCC3)n2)C1. The van der Waals surface area contributed by atoms with E-state index in [0.717, 1.165) is 44.4 Å². The van der Waals surface area contributed by atoms with Crippen LogP contribution in [0.1, 0.15) is 19.3 Å². The summed E-state index contributed by atoms with van der Waals surface area (Å²) in [5, 5.41) is 0. The van der Waals surface area contributed by atoms with Crippen LogP contribution in [-0.2, 0) is 0 Å². The minimum Gasteiger partial charge on any atom is -0.357 e. The Hall–Kier alpha value is -1.29. The number of aromatic nitrogens is 1. The van der Waals surface area contributed by atoms with E-state index in [9.17, 15) is 0 Å². The Labute approximate surface area is 109 Å². The van der Waals surface area contributed by atoms with E-state index in [4.69, 9.17) is 10.7 Å². The second-order valence-electron chi connectivity index (χ2n) is 5.41. The van der Waals surface area contributed by atoms with Crippen LogP contribution in [0.2, 0.25) is 0 Å². The van der Waals surface area contributed by atoms with Crippen molar-refractivity contribution in [2.24, 2.45) is 11.7 Å². The van der Waals surface area contributed by atoms with Gasteiger partial charge in [0.2, 0.25) is 0 Å². The van der Waals surface area contributed by atoms with Gasteiger partial charge < -0.3 is 15.5 Å². The van der Waals surface area contributed by atoms with Gasteiger partial charge in [0.15, 0.2) is 0 Å². The summed E-state index contributed by atoms with van der Waals surface area (Å²) in [4.78, 5) is 9.53. The van der Waals surface area contributed by atoms with Crippen LogP contribution in [0.25, 0.3) is 0 Å². The molecule has 3 rings (SSSR count). The zero-order chi connectivity index (χ0) is 12.4. The van der Waals surface area contributed by atoms with E-state index < -0.39 is 0 Å². The zero-order valence-corrected chi connectivity index (χ0v) is 10.9. The third-order valence-corrected chi connectivity index (χ3v) is 4.01. The van der Waals surface area contributed by atoms with Crippen molar-refractivity contribution in [1.29, 1.82) is 0 Å². The maximum atomic E-state index is 5.67. The molecule has 0 spiro atoms. The molecule has 1 aromatic rings. The number of rotatable bonds is 3. The topological polar surface area (TPSA) is 45.4 Å². The molecule has 98 valence electrons. The molecule has 0 radical (unpaired) electrons. The summed E-state index contributed by atoms with van der Waals surface area (Å²) in [6.07, 6.45) is 3.95. The Morgan fingerprint density at radius 3 is 2.39 bits per heavy atom. The van der Waals surface area contributed by atoms with Crippen LogP contribution >= 0.6 is 0 Å².